The number of aromatic nitrogens is 2. The van der Waals surface area contributed by atoms with Gasteiger partial charge in [-0.15, -0.1) is 0 Å². The Kier molecular flexibility index (Phi) is 4.90. The molecular formula is C21H22FN3O3S. The molecular weight excluding hydrogens is 393 g/mol. The number of aromatic amines is 1. The van der Waals surface area contributed by atoms with Crippen molar-refractivity contribution in [2.45, 2.75) is 51.4 Å². The van der Waals surface area contributed by atoms with E-state index in [1.807, 2.05) is 6.92 Å². The lowest BCUT2D eigenvalue weighted by Crippen LogP contribution is -2.26. The number of aryl methyl sites for hydroxylation is 1. The molecule has 3 aromatic rings. The van der Waals surface area contributed by atoms with E-state index in [2.05, 4.69) is 14.7 Å². The second kappa shape index (κ2) is 7.26. The Bertz CT molecular complexity index is 1160. The first kappa shape index (κ1) is 19.6. The maximum atomic E-state index is 14.9. The topological polar surface area (TPSA) is 95.1 Å². The Hall–Kier alpha value is -2.74. The molecule has 1 fully saturated rings. The van der Waals surface area contributed by atoms with Gasteiger partial charge in [0.25, 0.3) is 5.91 Å². The van der Waals surface area contributed by atoms with Crippen molar-refractivity contribution in [3.63, 3.8) is 0 Å². The molecule has 0 radical (unpaired) electrons. The van der Waals surface area contributed by atoms with Gasteiger partial charge >= 0.3 is 0 Å². The lowest BCUT2D eigenvalue weighted by atomic mass is 9.71. The van der Waals surface area contributed by atoms with Crippen molar-refractivity contribution < 1.29 is 14.3 Å². The van der Waals surface area contributed by atoms with E-state index in [4.69, 9.17) is 0 Å². The second-order valence-corrected chi connectivity index (χ2v) is 8.70. The number of halogens is 1. The standard InChI is InChI=1S/C21H22FN3O3S/c1-11-17-18(27)12(10-23-20(17)29-25-11)19(28)24-15-9-14(22)13(8-16(15)26)21(2)6-4-3-5-7-21/h8-10,26H,3-7H2,1-2H3,(H,23,27)(H,24,28). The van der Waals surface area contributed by atoms with Crippen molar-refractivity contribution >= 4 is 33.3 Å². The first-order valence-corrected chi connectivity index (χ1v) is 10.4. The average Bonchev–Trinajstić information content (AvgIpc) is 3.07. The number of hydrogen-bond acceptors (Lipinski definition) is 5. The van der Waals surface area contributed by atoms with Gasteiger partial charge < -0.3 is 15.4 Å². The van der Waals surface area contributed by atoms with Crippen LogP contribution in [0.2, 0.25) is 0 Å². The fraction of sp³-hybridized carbons (Fsp3) is 0.381. The molecule has 1 aromatic carbocycles. The Morgan fingerprint density at radius 1 is 1.31 bits per heavy atom. The highest BCUT2D eigenvalue weighted by Gasteiger charge is 2.32. The summed E-state index contributed by atoms with van der Waals surface area (Å²) in [6.07, 6.45) is 6.21. The minimum Gasteiger partial charge on any atom is -0.506 e. The van der Waals surface area contributed by atoms with E-state index in [-0.39, 0.29) is 22.4 Å². The molecule has 2 heterocycles. The number of aromatic hydroxyl groups is 1. The quantitative estimate of drug-likeness (QED) is 0.544. The molecule has 0 saturated heterocycles. The molecule has 3 N–H and O–H groups in total. The van der Waals surface area contributed by atoms with Gasteiger partial charge in [-0.05, 0) is 48.3 Å². The average molecular weight is 415 g/mol. The van der Waals surface area contributed by atoms with E-state index in [0.717, 1.165) is 49.7 Å². The van der Waals surface area contributed by atoms with Gasteiger partial charge in [-0.25, -0.2) is 4.39 Å². The van der Waals surface area contributed by atoms with Gasteiger partial charge in [0.05, 0.1) is 16.8 Å². The number of benzene rings is 1. The normalized spacial score (nSPS) is 16.1. The van der Waals surface area contributed by atoms with Gasteiger partial charge in [-0.2, -0.15) is 4.37 Å². The number of pyridine rings is 1. The van der Waals surface area contributed by atoms with Crippen LogP contribution >= 0.6 is 11.5 Å². The van der Waals surface area contributed by atoms with E-state index in [9.17, 15) is 19.1 Å². The number of carbonyl (C=O) groups is 1. The van der Waals surface area contributed by atoms with Crippen molar-refractivity contribution in [1.29, 1.82) is 0 Å². The van der Waals surface area contributed by atoms with Crippen LogP contribution in [0.1, 0.15) is 60.6 Å². The fourth-order valence-electron chi connectivity index (χ4n) is 4.16. The number of nitrogens with one attached hydrogen (secondary N) is 2. The van der Waals surface area contributed by atoms with Crippen molar-refractivity contribution in [1.82, 2.24) is 9.36 Å². The van der Waals surface area contributed by atoms with Crippen LogP contribution < -0.4 is 10.7 Å². The van der Waals surface area contributed by atoms with Crippen LogP contribution in [0.3, 0.4) is 0 Å². The summed E-state index contributed by atoms with van der Waals surface area (Å²) in [5.74, 6) is -1.40. The second-order valence-electron chi connectivity index (χ2n) is 7.93. The van der Waals surface area contributed by atoms with Gasteiger partial charge in [0.2, 0.25) is 5.43 Å². The van der Waals surface area contributed by atoms with Gasteiger partial charge in [0, 0.05) is 12.3 Å². The molecule has 1 aliphatic rings. The molecule has 0 aliphatic heterocycles. The molecule has 6 nitrogen and oxygen atoms in total. The Morgan fingerprint density at radius 2 is 2.03 bits per heavy atom. The zero-order valence-corrected chi connectivity index (χ0v) is 17.1. The highest BCUT2D eigenvalue weighted by Crippen LogP contribution is 2.42. The molecule has 8 heteroatoms. The number of hydrogen-bond donors (Lipinski definition) is 3. The monoisotopic (exact) mass is 415 g/mol. The lowest BCUT2D eigenvalue weighted by Gasteiger charge is -2.34. The summed E-state index contributed by atoms with van der Waals surface area (Å²) >= 11 is 1.14. The number of carbonyl (C=O) groups excluding carboxylic acids is 1. The summed E-state index contributed by atoms with van der Waals surface area (Å²) in [7, 11) is 0. The Morgan fingerprint density at radius 3 is 2.76 bits per heavy atom. The largest absolute Gasteiger partial charge is 0.506 e. The highest BCUT2D eigenvalue weighted by atomic mass is 32.1. The fourth-order valence-corrected chi connectivity index (χ4v) is 4.92. The number of nitrogens with zero attached hydrogens (tertiary/aromatic N) is 1. The van der Waals surface area contributed by atoms with Crippen molar-refractivity contribution in [3.8, 4) is 5.75 Å². The van der Waals surface area contributed by atoms with E-state index < -0.39 is 17.2 Å². The van der Waals surface area contributed by atoms with Crippen LogP contribution in [0, 0.1) is 12.7 Å². The lowest BCUT2D eigenvalue weighted by molar-refractivity contribution is 0.102. The number of phenolic OH excluding ortho intramolecular Hbond substituents is 1. The molecule has 152 valence electrons. The predicted octanol–water partition coefficient (Wildman–Crippen LogP) is 4.61. The minimum atomic E-state index is -0.718. The van der Waals surface area contributed by atoms with Crippen molar-refractivity contribution in [2.24, 2.45) is 0 Å². The van der Waals surface area contributed by atoms with E-state index in [0.29, 0.717) is 21.5 Å². The predicted molar refractivity (Wildman–Crippen MR) is 111 cm³/mol. The van der Waals surface area contributed by atoms with Crippen LogP contribution in [-0.2, 0) is 5.41 Å². The number of fused-ring (bicyclic) bond motifs is 1. The van der Waals surface area contributed by atoms with Crippen LogP contribution in [0.5, 0.6) is 5.75 Å². The zero-order valence-electron chi connectivity index (χ0n) is 16.3. The Balaban J connectivity index is 1.65. The summed E-state index contributed by atoms with van der Waals surface area (Å²) in [5, 5.41) is 13.3. The Labute approximate surface area is 171 Å². The molecule has 2 aromatic heterocycles. The van der Waals surface area contributed by atoms with Crippen LogP contribution in [0.15, 0.2) is 23.1 Å². The van der Waals surface area contributed by atoms with Crippen LogP contribution in [-0.4, -0.2) is 20.4 Å². The zero-order chi connectivity index (χ0) is 20.8. The number of phenols is 1. The minimum absolute atomic E-state index is 0.0599. The van der Waals surface area contributed by atoms with Gasteiger partial charge in [-0.3, -0.25) is 9.59 Å². The number of anilines is 1. The van der Waals surface area contributed by atoms with Crippen LogP contribution in [0.25, 0.3) is 10.2 Å². The maximum absolute atomic E-state index is 14.9. The van der Waals surface area contributed by atoms with E-state index >= 15 is 0 Å². The third-order valence-corrected chi connectivity index (χ3v) is 6.74. The third kappa shape index (κ3) is 3.42. The van der Waals surface area contributed by atoms with Crippen LogP contribution in [0.4, 0.5) is 10.1 Å². The first-order valence-electron chi connectivity index (χ1n) is 9.62. The summed E-state index contributed by atoms with van der Waals surface area (Å²) in [6.45, 7) is 3.70. The molecule has 29 heavy (non-hydrogen) atoms. The molecule has 0 spiro atoms. The molecule has 0 atom stereocenters. The summed E-state index contributed by atoms with van der Waals surface area (Å²) in [5.41, 5.74) is 0.0495. The summed E-state index contributed by atoms with van der Waals surface area (Å²) < 4.78 is 19.0. The molecule has 1 aliphatic carbocycles. The van der Waals surface area contributed by atoms with E-state index in [1.165, 1.54) is 12.3 Å². The smallest absolute Gasteiger partial charge is 0.261 e. The molecule has 4 rings (SSSR count). The van der Waals surface area contributed by atoms with E-state index in [1.54, 1.807) is 6.92 Å². The van der Waals surface area contributed by atoms with Crippen molar-refractivity contribution in [3.05, 3.63) is 51.2 Å². The molecule has 1 saturated carbocycles. The highest BCUT2D eigenvalue weighted by molar-refractivity contribution is 7.12. The number of amides is 1. The summed E-state index contributed by atoms with van der Waals surface area (Å²) in [6, 6.07) is 2.53. The number of H-pyrrole nitrogens is 1. The number of rotatable bonds is 3. The van der Waals surface area contributed by atoms with Gasteiger partial charge in [0.15, 0.2) is 0 Å². The van der Waals surface area contributed by atoms with Crippen molar-refractivity contribution in [2.75, 3.05) is 5.32 Å². The molecule has 0 bridgehead atoms. The molecule has 1 amide bonds. The SMILES string of the molecule is Cc1nsc2[nH]cc(C(=O)Nc3cc(F)c(C4(C)CCCCC4)cc3O)c(=O)c12. The van der Waals surface area contributed by atoms with Gasteiger partial charge in [-0.1, -0.05) is 26.2 Å². The molecule has 0 unspecified atom stereocenters. The summed E-state index contributed by atoms with van der Waals surface area (Å²) in [4.78, 5) is 28.8. The first-order chi connectivity index (χ1) is 13.8. The maximum Gasteiger partial charge on any atom is 0.261 e. The third-order valence-electron chi connectivity index (χ3n) is 5.87. The van der Waals surface area contributed by atoms with Gasteiger partial charge in [0.1, 0.15) is 22.0 Å².